The number of carbonyl (C=O) groups is 1. The molecule has 0 spiro atoms. The average Bonchev–Trinajstić information content (AvgIpc) is 2.66. The molecular formula is C20H22ClF3N2O4S. The summed E-state index contributed by atoms with van der Waals surface area (Å²) in [6.07, 6.45) is -0.0251. The number of hydrogen-bond donors (Lipinski definition) is 1. The van der Waals surface area contributed by atoms with Crippen LogP contribution in [0.5, 0.6) is 0 Å². The van der Waals surface area contributed by atoms with E-state index in [-0.39, 0.29) is 17.8 Å². The molecule has 170 valence electrons. The minimum absolute atomic E-state index is 0.0977. The summed E-state index contributed by atoms with van der Waals surface area (Å²) < 4.78 is 68.8. The predicted octanol–water partition coefficient (Wildman–Crippen LogP) is 3.76. The first kappa shape index (κ1) is 23.8. The number of nitrogens with one attached hydrogen (secondary N) is 1. The Hall–Kier alpha value is -1.88. The Morgan fingerprint density at radius 2 is 1.90 bits per heavy atom. The van der Waals surface area contributed by atoms with Gasteiger partial charge in [-0.1, -0.05) is 54.4 Å². The molecule has 0 saturated carbocycles. The third-order valence-corrected chi connectivity index (χ3v) is 6.80. The molecule has 1 amide bonds. The van der Waals surface area contributed by atoms with Crippen molar-refractivity contribution < 1.29 is 31.1 Å². The van der Waals surface area contributed by atoms with Crippen LogP contribution in [0.15, 0.2) is 48.2 Å². The van der Waals surface area contributed by atoms with E-state index in [1.807, 2.05) is 0 Å². The molecule has 1 N–H and O–H groups in total. The van der Waals surface area contributed by atoms with Crippen LogP contribution in [-0.2, 0) is 19.6 Å². The molecule has 1 heterocycles. The van der Waals surface area contributed by atoms with Crippen molar-refractivity contribution in [2.75, 3.05) is 12.8 Å². The fourth-order valence-corrected chi connectivity index (χ4v) is 5.33. The Labute approximate surface area is 183 Å². The van der Waals surface area contributed by atoms with Gasteiger partial charge in [0.1, 0.15) is 6.04 Å². The highest BCUT2D eigenvalue weighted by Crippen LogP contribution is 2.45. The van der Waals surface area contributed by atoms with Gasteiger partial charge in [-0.15, -0.1) is 13.2 Å². The summed E-state index contributed by atoms with van der Waals surface area (Å²) in [5.41, 5.74) is 0.641. The van der Waals surface area contributed by atoms with Crippen LogP contribution in [0.4, 0.5) is 13.2 Å². The van der Waals surface area contributed by atoms with Gasteiger partial charge in [0, 0.05) is 24.2 Å². The van der Waals surface area contributed by atoms with E-state index in [9.17, 15) is 26.4 Å². The van der Waals surface area contributed by atoms with Crippen molar-refractivity contribution in [3.63, 3.8) is 0 Å². The molecule has 2 atom stereocenters. The fourth-order valence-electron chi connectivity index (χ4n) is 3.80. The van der Waals surface area contributed by atoms with Gasteiger partial charge in [0.15, 0.2) is 5.06 Å². The lowest BCUT2D eigenvalue weighted by Crippen LogP contribution is -2.51. The van der Waals surface area contributed by atoms with Crippen molar-refractivity contribution in [2.24, 2.45) is 0 Å². The van der Waals surface area contributed by atoms with Crippen molar-refractivity contribution in [1.29, 1.82) is 0 Å². The number of nitrogens with zero attached hydrogens (tertiary/aromatic N) is 1. The van der Waals surface area contributed by atoms with Crippen molar-refractivity contribution in [3.05, 3.63) is 53.7 Å². The van der Waals surface area contributed by atoms with E-state index in [1.54, 1.807) is 30.3 Å². The molecule has 1 saturated heterocycles. The van der Waals surface area contributed by atoms with Gasteiger partial charge in [0.05, 0.1) is 6.26 Å². The van der Waals surface area contributed by atoms with Crippen LogP contribution in [-0.4, -0.2) is 48.9 Å². The van der Waals surface area contributed by atoms with Crippen LogP contribution >= 0.6 is 11.6 Å². The molecule has 1 aliphatic heterocycles. The van der Waals surface area contributed by atoms with Crippen LogP contribution in [0.2, 0.25) is 0 Å². The smallest absolute Gasteiger partial charge is 0.328 e. The largest absolute Gasteiger partial charge is 0.524 e. The second-order valence-corrected chi connectivity index (χ2v) is 10.0. The molecule has 2 aliphatic rings. The van der Waals surface area contributed by atoms with Gasteiger partial charge >= 0.3 is 6.36 Å². The number of ether oxygens (including phenoxy) is 1. The molecule has 11 heteroatoms. The minimum atomic E-state index is -5.02. The number of allylic oxidation sites excluding steroid dienone is 2. The first-order valence-corrected chi connectivity index (χ1v) is 11.8. The number of amides is 1. The van der Waals surface area contributed by atoms with Gasteiger partial charge in [-0.3, -0.25) is 9.53 Å². The molecule has 1 aromatic carbocycles. The van der Waals surface area contributed by atoms with Gasteiger partial charge < -0.3 is 5.32 Å². The molecule has 6 nitrogen and oxygen atoms in total. The Bertz CT molecular complexity index is 995. The molecule has 2 unspecified atom stereocenters. The van der Waals surface area contributed by atoms with Crippen LogP contribution in [0, 0.1) is 0 Å². The van der Waals surface area contributed by atoms with Crippen molar-refractivity contribution in [1.82, 2.24) is 9.62 Å². The quantitative estimate of drug-likeness (QED) is 0.654. The van der Waals surface area contributed by atoms with Gasteiger partial charge in [0.2, 0.25) is 15.9 Å². The van der Waals surface area contributed by atoms with E-state index in [2.05, 4.69) is 10.1 Å². The zero-order chi connectivity index (χ0) is 22.9. The molecule has 3 rings (SSSR count). The molecule has 0 radical (unpaired) electrons. The van der Waals surface area contributed by atoms with Crippen LogP contribution in [0.1, 0.15) is 31.2 Å². The SMILES string of the molecule is CS(=O)(=O)N1CCCCC1C(=O)NC1=CC=C(c2ccccc2)C(Cl)(OC(F)(F)F)C1. The zero-order valence-electron chi connectivity index (χ0n) is 16.7. The first-order chi connectivity index (χ1) is 14.4. The van der Waals surface area contributed by atoms with Crippen LogP contribution in [0.3, 0.4) is 0 Å². The highest BCUT2D eigenvalue weighted by Gasteiger charge is 2.47. The summed E-state index contributed by atoms with van der Waals surface area (Å²) in [4.78, 5) is 12.8. The number of rotatable bonds is 5. The third-order valence-electron chi connectivity index (χ3n) is 5.10. The number of halogens is 4. The van der Waals surface area contributed by atoms with E-state index in [1.165, 1.54) is 12.2 Å². The topological polar surface area (TPSA) is 75.7 Å². The molecule has 31 heavy (non-hydrogen) atoms. The maximum atomic E-state index is 13.1. The Kier molecular flexibility index (Phi) is 6.85. The lowest BCUT2D eigenvalue weighted by molar-refractivity contribution is -0.342. The van der Waals surface area contributed by atoms with E-state index in [4.69, 9.17) is 11.6 Å². The van der Waals surface area contributed by atoms with E-state index in [0.29, 0.717) is 24.8 Å². The van der Waals surface area contributed by atoms with Crippen molar-refractivity contribution in [3.8, 4) is 0 Å². The van der Waals surface area contributed by atoms with Crippen LogP contribution in [0.25, 0.3) is 5.57 Å². The van der Waals surface area contributed by atoms with E-state index in [0.717, 1.165) is 10.6 Å². The van der Waals surface area contributed by atoms with E-state index >= 15 is 0 Å². The zero-order valence-corrected chi connectivity index (χ0v) is 18.2. The normalized spacial score (nSPS) is 25.5. The lowest BCUT2D eigenvalue weighted by Gasteiger charge is -2.36. The van der Waals surface area contributed by atoms with E-state index < -0.39 is 39.8 Å². The summed E-state index contributed by atoms with van der Waals surface area (Å²) in [5, 5.41) is 0.252. The highest BCUT2D eigenvalue weighted by molar-refractivity contribution is 7.88. The minimum Gasteiger partial charge on any atom is -0.328 e. The highest BCUT2D eigenvalue weighted by atomic mass is 35.5. The Morgan fingerprint density at radius 1 is 1.23 bits per heavy atom. The number of piperidine rings is 1. The monoisotopic (exact) mass is 478 g/mol. The summed E-state index contributed by atoms with van der Waals surface area (Å²) in [6.45, 7) is 0.213. The van der Waals surface area contributed by atoms with Crippen molar-refractivity contribution >= 4 is 33.1 Å². The number of hydrogen-bond acceptors (Lipinski definition) is 4. The van der Waals surface area contributed by atoms with Gasteiger partial charge in [-0.05, 0) is 24.5 Å². The summed E-state index contributed by atoms with van der Waals surface area (Å²) >= 11 is 6.32. The second kappa shape index (κ2) is 8.93. The molecule has 1 fully saturated rings. The number of alkyl halides is 4. The Morgan fingerprint density at radius 3 is 2.52 bits per heavy atom. The van der Waals surface area contributed by atoms with Gasteiger partial charge in [0.25, 0.3) is 0 Å². The van der Waals surface area contributed by atoms with Gasteiger partial charge in [-0.2, -0.15) is 4.31 Å². The number of sulfonamides is 1. The molecule has 0 bridgehead atoms. The number of carbonyl (C=O) groups excluding carboxylic acids is 1. The first-order valence-electron chi connectivity index (χ1n) is 9.59. The fraction of sp³-hybridized carbons (Fsp3) is 0.450. The predicted molar refractivity (Wildman–Crippen MR) is 110 cm³/mol. The second-order valence-electron chi connectivity index (χ2n) is 7.47. The van der Waals surface area contributed by atoms with Gasteiger partial charge in [-0.25, -0.2) is 8.42 Å². The molecule has 0 aromatic heterocycles. The average molecular weight is 479 g/mol. The maximum Gasteiger partial charge on any atom is 0.524 e. The summed E-state index contributed by atoms with van der Waals surface area (Å²) in [6, 6.07) is 7.30. The Balaban J connectivity index is 1.87. The van der Waals surface area contributed by atoms with Crippen LogP contribution < -0.4 is 5.32 Å². The molecular weight excluding hydrogens is 457 g/mol. The molecule has 1 aliphatic carbocycles. The lowest BCUT2D eigenvalue weighted by atomic mass is 9.92. The summed E-state index contributed by atoms with van der Waals surface area (Å²) in [7, 11) is -3.61. The molecule has 1 aromatic rings. The standard InChI is InChI=1S/C20H22ClF3N2O4S/c1-31(28,29)26-12-6-5-9-17(26)18(27)25-15-10-11-16(14-7-3-2-4-8-14)19(21,13-15)30-20(22,23)24/h2-4,7-8,10-11,17H,5-6,9,12-13H2,1H3,(H,25,27). The number of benzene rings is 1. The summed E-state index contributed by atoms with van der Waals surface area (Å²) in [5.74, 6) is -0.612. The van der Waals surface area contributed by atoms with Crippen molar-refractivity contribution in [2.45, 2.75) is 43.1 Å². The maximum absolute atomic E-state index is 13.1. The third kappa shape index (κ3) is 5.88.